The van der Waals surface area contributed by atoms with Gasteiger partial charge in [0.15, 0.2) is 0 Å². The molecule has 0 saturated heterocycles. The summed E-state index contributed by atoms with van der Waals surface area (Å²) >= 11 is 5.73. The van der Waals surface area contributed by atoms with Crippen LogP contribution in [0.4, 0.5) is 15.8 Å². The minimum atomic E-state index is -1.74. The van der Waals surface area contributed by atoms with Gasteiger partial charge in [0.25, 0.3) is 17.4 Å². The molecule has 7 heteroatoms. The first-order valence-electron chi connectivity index (χ1n) is 7.73. The molecular formula is C18H16ClFN2O3. The van der Waals surface area contributed by atoms with Crippen LogP contribution in [-0.2, 0) is 9.59 Å². The maximum Gasteiger partial charge on any atom is 0.280 e. The lowest BCUT2D eigenvalue weighted by molar-refractivity contribution is -0.145. The van der Waals surface area contributed by atoms with E-state index in [4.69, 9.17) is 16.3 Å². The Kier molecular flexibility index (Phi) is 4.39. The summed E-state index contributed by atoms with van der Waals surface area (Å²) < 4.78 is 19.0. The van der Waals surface area contributed by atoms with Gasteiger partial charge in [-0.2, -0.15) is 0 Å². The summed E-state index contributed by atoms with van der Waals surface area (Å²) in [6, 6.07) is 10.8. The number of para-hydroxylation sites is 2. The van der Waals surface area contributed by atoms with Gasteiger partial charge < -0.3 is 15.0 Å². The number of rotatable bonds is 3. The third-order valence-corrected chi connectivity index (χ3v) is 4.34. The van der Waals surface area contributed by atoms with E-state index < -0.39 is 23.2 Å². The van der Waals surface area contributed by atoms with Crippen molar-refractivity contribution >= 4 is 34.8 Å². The van der Waals surface area contributed by atoms with Crippen LogP contribution in [0, 0.1) is 5.82 Å². The van der Waals surface area contributed by atoms with Crippen molar-refractivity contribution in [1.82, 2.24) is 0 Å². The third kappa shape index (κ3) is 2.93. The highest BCUT2D eigenvalue weighted by Gasteiger charge is 2.50. The Morgan fingerprint density at radius 2 is 2.04 bits per heavy atom. The Balaban J connectivity index is 1.93. The van der Waals surface area contributed by atoms with Crippen molar-refractivity contribution in [3.05, 3.63) is 53.3 Å². The van der Waals surface area contributed by atoms with E-state index in [1.807, 2.05) is 6.92 Å². The smallest absolute Gasteiger partial charge is 0.280 e. The average Bonchev–Trinajstić information content (AvgIpc) is 2.59. The van der Waals surface area contributed by atoms with Crippen molar-refractivity contribution < 1.29 is 18.7 Å². The average molecular weight is 363 g/mol. The largest absolute Gasteiger partial charge is 0.465 e. The molecule has 1 unspecified atom stereocenters. The molecule has 1 N–H and O–H groups in total. The van der Waals surface area contributed by atoms with Gasteiger partial charge in [-0.15, -0.1) is 0 Å². The molecule has 0 aromatic heterocycles. The van der Waals surface area contributed by atoms with Crippen LogP contribution in [0.5, 0.6) is 5.75 Å². The molecule has 0 fully saturated rings. The minimum Gasteiger partial charge on any atom is -0.465 e. The molecule has 0 saturated carbocycles. The van der Waals surface area contributed by atoms with Crippen molar-refractivity contribution in [3.8, 4) is 5.75 Å². The van der Waals surface area contributed by atoms with Crippen LogP contribution in [-0.4, -0.2) is 24.0 Å². The molecule has 3 rings (SSSR count). The van der Waals surface area contributed by atoms with Crippen LogP contribution in [0.1, 0.15) is 13.8 Å². The highest BCUT2D eigenvalue weighted by Crippen LogP contribution is 2.38. The van der Waals surface area contributed by atoms with Gasteiger partial charge in [0.1, 0.15) is 11.6 Å². The van der Waals surface area contributed by atoms with Crippen molar-refractivity contribution in [2.75, 3.05) is 16.8 Å². The van der Waals surface area contributed by atoms with E-state index in [9.17, 15) is 14.0 Å². The molecule has 0 aliphatic carbocycles. The second-order valence-corrected chi connectivity index (χ2v) is 6.14. The monoisotopic (exact) mass is 362 g/mol. The highest BCUT2D eigenvalue weighted by atomic mass is 35.5. The van der Waals surface area contributed by atoms with Crippen molar-refractivity contribution in [3.63, 3.8) is 0 Å². The number of hydrogen-bond donors (Lipinski definition) is 1. The second-order valence-electron chi connectivity index (χ2n) is 5.74. The molecule has 1 atom stereocenters. The number of anilines is 2. The molecule has 0 bridgehead atoms. The van der Waals surface area contributed by atoms with Gasteiger partial charge in [-0.25, -0.2) is 4.39 Å². The Hall–Kier alpha value is -2.60. The summed E-state index contributed by atoms with van der Waals surface area (Å²) in [5, 5.41) is 2.44. The lowest BCUT2D eigenvalue weighted by atomic mass is 9.99. The number of nitrogens with zero attached hydrogens (tertiary/aromatic N) is 1. The number of benzene rings is 2. The van der Waals surface area contributed by atoms with Gasteiger partial charge in [0, 0.05) is 12.2 Å². The van der Waals surface area contributed by atoms with Crippen LogP contribution in [0.2, 0.25) is 5.02 Å². The van der Waals surface area contributed by atoms with Gasteiger partial charge in [-0.05, 0) is 44.2 Å². The molecule has 130 valence electrons. The van der Waals surface area contributed by atoms with Crippen LogP contribution < -0.4 is 15.0 Å². The molecule has 1 aliphatic rings. The van der Waals surface area contributed by atoms with Gasteiger partial charge >= 0.3 is 0 Å². The van der Waals surface area contributed by atoms with E-state index in [-0.39, 0.29) is 10.7 Å². The zero-order valence-electron chi connectivity index (χ0n) is 13.7. The summed E-state index contributed by atoms with van der Waals surface area (Å²) in [4.78, 5) is 27.1. The quantitative estimate of drug-likeness (QED) is 0.848. The topological polar surface area (TPSA) is 58.6 Å². The van der Waals surface area contributed by atoms with Gasteiger partial charge in [-0.3, -0.25) is 9.59 Å². The number of carbonyl (C=O) groups is 2. The molecule has 1 aliphatic heterocycles. The summed E-state index contributed by atoms with van der Waals surface area (Å²) in [5.41, 5.74) is -0.855. The molecule has 25 heavy (non-hydrogen) atoms. The molecule has 2 aromatic rings. The zero-order chi connectivity index (χ0) is 18.2. The summed E-state index contributed by atoms with van der Waals surface area (Å²) in [5.74, 6) is -1.28. The van der Waals surface area contributed by atoms with Crippen LogP contribution in [0.25, 0.3) is 0 Å². The summed E-state index contributed by atoms with van der Waals surface area (Å²) in [7, 11) is 0. The molecule has 2 aromatic carbocycles. The van der Waals surface area contributed by atoms with Gasteiger partial charge in [0.05, 0.1) is 10.7 Å². The number of carbonyl (C=O) groups excluding carboxylic acids is 2. The maximum absolute atomic E-state index is 13.3. The first-order valence-corrected chi connectivity index (χ1v) is 8.11. The van der Waals surface area contributed by atoms with Crippen LogP contribution in [0.3, 0.4) is 0 Å². The van der Waals surface area contributed by atoms with E-state index in [1.165, 1.54) is 24.0 Å². The normalized spacial score (nSPS) is 19.2. The Labute approximate surface area is 149 Å². The molecule has 2 amide bonds. The number of halogens is 2. The minimum absolute atomic E-state index is 0.126. The number of ether oxygens (including phenoxy) is 1. The zero-order valence-corrected chi connectivity index (χ0v) is 14.4. The maximum atomic E-state index is 13.3. The van der Waals surface area contributed by atoms with E-state index in [0.717, 1.165) is 6.07 Å². The van der Waals surface area contributed by atoms with Crippen LogP contribution >= 0.6 is 11.6 Å². The first kappa shape index (κ1) is 17.2. The number of amides is 2. The van der Waals surface area contributed by atoms with Crippen molar-refractivity contribution in [2.24, 2.45) is 0 Å². The van der Waals surface area contributed by atoms with Gasteiger partial charge in [-0.1, -0.05) is 23.7 Å². The fourth-order valence-electron chi connectivity index (χ4n) is 2.68. The second kappa shape index (κ2) is 6.37. The number of fused-ring (bicyclic) bond motifs is 1. The lowest BCUT2D eigenvalue weighted by Gasteiger charge is -2.39. The highest BCUT2D eigenvalue weighted by molar-refractivity contribution is 6.31. The number of hydrogen-bond acceptors (Lipinski definition) is 3. The predicted molar refractivity (Wildman–Crippen MR) is 93.5 cm³/mol. The summed E-state index contributed by atoms with van der Waals surface area (Å²) in [6.07, 6.45) is 0. The number of likely N-dealkylation sites (N-methyl/N-ethyl adjacent to an activating group) is 1. The molecule has 5 nitrogen and oxygen atoms in total. The standard InChI is InChI=1S/C18H16ClFN2O3/c1-3-22-14-6-4-5-7-15(14)25-18(2,17(22)24)16(23)21-11-8-9-13(20)12(19)10-11/h4-10H,3H2,1-2H3,(H,21,23). The Morgan fingerprint density at radius 3 is 2.72 bits per heavy atom. The summed E-state index contributed by atoms with van der Waals surface area (Å²) in [6.45, 7) is 3.62. The van der Waals surface area contributed by atoms with E-state index in [0.29, 0.717) is 18.0 Å². The number of nitrogens with one attached hydrogen (secondary N) is 1. The van der Waals surface area contributed by atoms with Crippen LogP contribution in [0.15, 0.2) is 42.5 Å². The first-order chi connectivity index (χ1) is 11.9. The lowest BCUT2D eigenvalue weighted by Crippen LogP contribution is -2.60. The fourth-order valence-corrected chi connectivity index (χ4v) is 2.86. The molecule has 0 spiro atoms. The Morgan fingerprint density at radius 1 is 1.32 bits per heavy atom. The molecule has 1 heterocycles. The Bertz CT molecular complexity index is 858. The van der Waals surface area contributed by atoms with E-state index in [1.54, 1.807) is 24.3 Å². The molecular weight excluding hydrogens is 347 g/mol. The van der Waals surface area contributed by atoms with Crippen molar-refractivity contribution in [2.45, 2.75) is 19.4 Å². The third-order valence-electron chi connectivity index (χ3n) is 4.05. The van der Waals surface area contributed by atoms with Crippen molar-refractivity contribution in [1.29, 1.82) is 0 Å². The molecule has 0 radical (unpaired) electrons. The SMILES string of the molecule is CCN1C(=O)C(C)(C(=O)Nc2ccc(F)c(Cl)c2)Oc2ccccc21. The van der Waals surface area contributed by atoms with E-state index >= 15 is 0 Å². The van der Waals surface area contributed by atoms with E-state index in [2.05, 4.69) is 5.32 Å². The van der Waals surface area contributed by atoms with Gasteiger partial charge in [0.2, 0.25) is 0 Å². The fraction of sp³-hybridized carbons (Fsp3) is 0.222. The predicted octanol–water partition coefficient (Wildman–Crippen LogP) is 3.62.